The number of para-hydroxylation sites is 1. The molecule has 3 atom stereocenters. The highest BCUT2D eigenvalue weighted by Gasteiger charge is 2.57. The van der Waals surface area contributed by atoms with Crippen molar-refractivity contribution in [2.45, 2.75) is 17.5 Å². The molecule has 0 radical (unpaired) electrons. The second-order valence-corrected chi connectivity index (χ2v) is 20.7. The summed E-state index contributed by atoms with van der Waals surface area (Å²) in [6.45, 7) is 0. The van der Waals surface area contributed by atoms with Crippen LogP contribution in [0, 0.1) is 5.92 Å². The van der Waals surface area contributed by atoms with Gasteiger partial charge >= 0.3 is 0 Å². The van der Waals surface area contributed by atoms with Crippen LogP contribution in [0.5, 0.6) is 0 Å². The summed E-state index contributed by atoms with van der Waals surface area (Å²) in [5.41, 5.74) is 21.0. The van der Waals surface area contributed by atoms with Gasteiger partial charge in [-0.05, 0) is 143 Å². The zero-order valence-corrected chi connectivity index (χ0v) is 41.8. The fraction of sp³-hybridized carbons (Fsp3) is 0.0548. The quantitative estimate of drug-likeness (QED) is 0.172. The molecule has 0 amide bonds. The van der Waals surface area contributed by atoms with Crippen molar-refractivity contribution in [3.05, 3.63) is 324 Å². The average molecular weight is 970 g/mol. The van der Waals surface area contributed by atoms with E-state index < -0.39 is 5.41 Å². The van der Waals surface area contributed by atoms with E-state index in [2.05, 4.69) is 295 Å². The predicted molar refractivity (Wildman–Crippen MR) is 317 cm³/mol. The molecule has 3 unspecified atom stereocenters. The molecule has 11 aromatic rings. The van der Waals surface area contributed by atoms with Gasteiger partial charge in [0.05, 0.1) is 22.5 Å². The lowest BCUT2D eigenvalue weighted by Crippen LogP contribution is -2.40. The van der Waals surface area contributed by atoms with Crippen LogP contribution in [0.2, 0.25) is 0 Å². The van der Waals surface area contributed by atoms with E-state index >= 15 is 0 Å². The van der Waals surface area contributed by atoms with Gasteiger partial charge in [-0.15, -0.1) is 0 Å². The van der Waals surface area contributed by atoms with Crippen molar-refractivity contribution in [2.75, 3.05) is 4.90 Å². The number of hydrogen-bond donors (Lipinski definition) is 1. The number of benzene rings is 11. The third-order valence-corrected chi connectivity index (χ3v) is 16.5. The molecule has 76 heavy (non-hydrogen) atoms. The standard InChI is InChI=1S/C73H51N3/c1-4-18-48(19-5-1)49-34-36-50(37-35-49)68-47-69(75-72(74-68)51-20-6-2-7-21-51)60-29-17-28-54(41-60)52-26-16-27-53(40-52)59-38-39-65-63(42-59)62-32-14-15-33-64(62)73(65)66-43-55-22-10-12-24-57(55)45-70(66)76(61-30-8-3-9-31-61)71-46-58-25-13-11-23-56(58)44-67(71)73/h1-47,62,64,72,74H. The molecule has 358 valence electrons. The first-order chi connectivity index (χ1) is 37.6. The summed E-state index contributed by atoms with van der Waals surface area (Å²) >= 11 is 0. The first-order valence-electron chi connectivity index (χ1n) is 26.5. The molecule has 1 spiro atoms. The molecule has 11 aromatic carbocycles. The molecule has 0 bridgehead atoms. The Labute approximate surface area is 443 Å². The Balaban J connectivity index is 0.842. The van der Waals surface area contributed by atoms with E-state index in [0.29, 0.717) is 0 Å². The molecule has 15 rings (SSSR count). The second kappa shape index (κ2) is 17.8. The maximum absolute atomic E-state index is 5.36. The lowest BCUT2D eigenvalue weighted by molar-refractivity contribution is 0.455. The number of nitrogens with zero attached hydrogens (tertiary/aromatic N) is 2. The minimum Gasteiger partial charge on any atom is -0.360 e. The minimum atomic E-state index is -0.469. The highest BCUT2D eigenvalue weighted by atomic mass is 15.2. The van der Waals surface area contributed by atoms with E-state index in [4.69, 9.17) is 4.99 Å². The molecule has 1 N–H and O–H groups in total. The maximum Gasteiger partial charge on any atom is 0.145 e. The smallest absolute Gasteiger partial charge is 0.145 e. The lowest BCUT2D eigenvalue weighted by atomic mass is 9.60. The summed E-state index contributed by atoms with van der Waals surface area (Å²) in [4.78, 5) is 7.89. The Bertz CT molecular complexity index is 4120. The molecule has 2 aliphatic heterocycles. The third-order valence-electron chi connectivity index (χ3n) is 16.5. The summed E-state index contributed by atoms with van der Waals surface area (Å²) in [5.74, 6) is 0.323. The number of allylic oxidation sites excluding steroid dienone is 5. The van der Waals surface area contributed by atoms with Gasteiger partial charge in [-0.2, -0.15) is 0 Å². The second-order valence-electron chi connectivity index (χ2n) is 20.7. The number of aliphatic imine (C=N–C) groups is 1. The normalized spacial score (nSPS) is 17.6. The van der Waals surface area contributed by atoms with Crippen molar-refractivity contribution in [1.82, 2.24) is 5.32 Å². The molecule has 4 aliphatic rings. The summed E-state index contributed by atoms with van der Waals surface area (Å²) in [6.07, 6.45) is 11.5. The predicted octanol–water partition coefficient (Wildman–Crippen LogP) is 18.1. The van der Waals surface area contributed by atoms with Crippen molar-refractivity contribution >= 4 is 50.0 Å². The molecule has 0 saturated carbocycles. The van der Waals surface area contributed by atoms with Gasteiger partial charge in [0.1, 0.15) is 6.17 Å². The molecule has 0 fully saturated rings. The molecule has 0 aromatic heterocycles. The van der Waals surface area contributed by atoms with Crippen molar-refractivity contribution in [3.8, 4) is 33.4 Å². The van der Waals surface area contributed by atoms with E-state index in [9.17, 15) is 0 Å². The number of rotatable bonds is 7. The van der Waals surface area contributed by atoms with Crippen molar-refractivity contribution in [2.24, 2.45) is 10.9 Å². The molecule has 2 heterocycles. The van der Waals surface area contributed by atoms with E-state index in [1.165, 1.54) is 83.0 Å². The van der Waals surface area contributed by atoms with Crippen molar-refractivity contribution < 1.29 is 0 Å². The molecule has 3 nitrogen and oxygen atoms in total. The summed E-state index contributed by atoms with van der Waals surface area (Å²) < 4.78 is 0. The first-order valence-corrected chi connectivity index (χ1v) is 26.5. The third kappa shape index (κ3) is 7.15. The molecular weight excluding hydrogens is 919 g/mol. The van der Waals surface area contributed by atoms with Crippen molar-refractivity contribution in [3.63, 3.8) is 0 Å². The van der Waals surface area contributed by atoms with Crippen LogP contribution in [0.4, 0.5) is 17.1 Å². The Morgan fingerprint density at radius 3 is 1.51 bits per heavy atom. The van der Waals surface area contributed by atoms with Gasteiger partial charge in [0, 0.05) is 28.8 Å². The first kappa shape index (κ1) is 44.0. The Hall–Kier alpha value is -9.57. The Kier molecular flexibility index (Phi) is 10.3. The van der Waals surface area contributed by atoms with Crippen LogP contribution < -0.4 is 10.2 Å². The van der Waals surface area contributed by atoms with Gasteiger partial charge in [-0.1, -0.05) is 231 Å². The zero-order chi connectivity index (χ0) is 50.2. The van der Waals surface area contributed by atoms with Crippen LogP contribution in [-0.4, -0.2) is 5.71 Å². The van der Waals surface area contributed by atoms with Gasteiger partial charge in [-0.25, -0.2) is 0 Å². The summed E-state index contributed by atoms with van der Waals surface area (Å²) in [7, 11) is 0. The molecular formula is C73H51N3. The van der Waals surface area contributed by atoms with Gasteiger partial charge in [0.2, 0.25) is 0 Å². The monoisotopic (exact) mass is 969 g/mol. The SMILES string of the molecule is C1=CC2c3cc(-c4cccc(-c5cccc(C6=NC(c7ccccc7)NC(c7ccc(-c8ccccc8)cc7)=C6)c5)c4)ccc3C3(c4cc5ccccc5cc4N(c4ccccc4)c4cc5ccccc5cc43)C2C=C1. The van der Waals surface area contributed by atoms with Crippen LogP contribution in [0.1, 0.15) is 51.0 Å². The van der Waals surface area contributed by atoms with Gasteiger partial charge in [0.15, 0.2) is 0 Å². The molecule has 2 aliphatic carbocycles. The lowest BCUT2D eigenvalue weighted by Gasteiger charge is -2.48. The van der Waals surface area contributed by atoms with Gasteiger partial charge < -0.3 is 10.2 Å². The Morgan fingerprint density at radius 2 is 0.868 bits per heavy atom. The van der Waals surface area contributed by atoms with Crippen LogP contribution in [0.15, 0.2) is 290 Å². The van der Waals surface area contributed by atoms with Crippen LogP contribution >= 0.6 is 0 Å². The highest BCUT2D eigenvalue weighted by Crippen LogP contribution is 2.66. The van der Waals surface area contributed by atoms with Crippen LogP contribution in [0.25, 0.3) is 60.6 Å². The van der Waals surface area contributed by atoms with Gasteiger partial charge in [-0.3, -0.25) is 4.99 Å². The highest BCUT2D eigenvalue weighted by molar-refractivity contribution is 6.13. The maximum atomic E-state index is 5.36. The van der Waals surface area contributed by atoms with E-state index in [1.54, 1.807) is 0 Å². The number of nitrogens with one attached hydrogen (secondary N) is 1. The fourth-order valence-electron chi connectivity index (χ4n) is 13.0. The van der Waals surface area contributed by atoms with E-state index in [-0.39, 0.29) is 18.0 Å². The number of hydrogen-bond acceptors (Lipinski definition) is 3. The van der Waals surface area contributed by atoms with E-state index in [0.717, 1.165) is 39.3 Å². The van der Waals surface area contributed by atoms with Crippen molar-refractivity contribution in [1.29, 1.82) is 0 Å². The van der Waals surface area contributed by atoms with Crippen LogP contribution in [0.3, 0.4) is 0 Å². The summed E-state index contributed by atoms with van der Waals surface area (Å²) in [6, 6.07) is 93.9. The average Bonchev–Trinajstić information content (AvgIpc) is 4.03. The molecule has 3 heteroatoms. The van der Waals surface area contributed by atoms with Crippen LogP contribution in [-0.2, 0) is 5.41 Å². The molecule has 0 saturated heterocycles. The Morgan fingerprint density at radius 1 is 0.382 bits per heavy atom. The zero-order valence-electron chi connectivity index (χ0n) is 41.8. The fourth-order valence-corrected chi connectivity index (χ4v) is 13.0. The minimum absolute atomic E-state index is 0.150. The number of anilines is 3. The van der Waals surface area contributed by atoms with E-state index in [1.807, 2.05) is 0 Å². The van der Waals surface area contributed by atoms with Gasteiger partial charge in [0.25, 0.3) is 0 Å². The largest absolute Gasteiger partial charge is 0.360 e. The topological polar surface area (TPSA) is 27.6 Å². The summed E-state index contributed by atoms with van der Waals surface area (Å²) in [5, 5.41) is 8.75. The number of fused-ring (bicyclic) bond motifs is 11.